The third-order valence-corrected chi connectivity index (χ3v) is 3.10. The van der Waals surface area contributed by atoms with Crippen LogP contribution in [-0.4, -0.2) is 19.6 Å². The van der Waals surface area contributed by atoms with Crippen molar-refractivity contribution in [3.05, 3.63) is 41.9 Å². The molecule has 1 aromatic carbocycles. The van der Waals surface area contributed by atoms with Crippen molar-refractivity contribution >= 4 is 11.7 Å². The predicted octanol–water partition coefficient (Wildman–Crippen LogP) is 3.69. The van der Waals surface area contributed by atoms with Crippen LogP contribution in [0, 0.1) is 0 Å². The lowest BCUT2D eigenvalue weighted by Crippen LogP contribution is -2.23. The van der Waals surface area contributed by atoms with Gasteiger partial charge in [0.05, 0.1) is 36.5 Å². The van der Waals surface area contributed by atoms with E-state index in [9.17, 15) is 18.0 Å². The third kappa shape index (κ3) is 3.65. The van der Waals surface area contributed by atoms with Crippen molar-refractivity contribution in [1.82, 2.24) is 5.43 Å². The first-order valence-electron chi connectivity index (χ1n) is 6.73. The van der Waals surface area contributed by atoms with Crippen molar-refractivity contribution in [1.29, 1.82) is 0 Å². The maximum Gasteiger partial charge on any atom is 0.417 e. The number of hydrogen-bond donors (Lipinski definition) is 2. The Kier molecular flexibility index (Phi) is 4.95. The van der Waals surface area contributed by atoms with Crippen molar-refractivity contribution in [3.8, 4) is 11.1 Å². The Labute approximate surface area is 130 Å². The zero-order valence-corrected chi connectivity index (χ0v) is 12.5. The topological polar surface area (TPSA) is 63.5 Å². The average molecular weight is 328 g/mol. The number of ether oxygens (including phenoxy) is 1. The zero-order chi connectivity index (χ0) is 17.0. The molecular formula is C15H15F3N2O3. The molecule has 0 aliphatic heterocycles. The van der Waals surface area contributed by atoms with Crippen molar-refractivity contribution in [2.45, 2.75) is 13.1 Å². The fraction of sp³-hybridized carbons (Fsp3) is 0.267. The molecule has 0 unspecified atom stereocenters. The Morgan fingerprint density at radius 2 is 2.09 bits per heavy atom. The number of alkyl halides is 3. The van der Waals surface area contributed by atoms with Crippen molar-refractivity contribution < 1.29 is 27.1 Å². The molecule has 0 saturated carbocycles. The molecule has 0 fully saturated rings. The van der Waals surface area contributed by atoms with E-state index in [-0.39, 0.29) is 22.4 Å². The molecule has 124 valence electrons. The van der Waals surface area contributed by atoms with Gasteiger partial charge in [0.1, 0.15) is 0 Å². The maximum absolute atomic E-state index is 13.4. The Morgan fingerprint density at radius 1 is 1.35 bits per heavy atom. The van der Waals surface area contributed by atoms with Gasteiger partial charge in [-0.25, -0.2) is 10.2 Å². The van der Waals surface area contributed by atoms with Crippen LogP contribution in [-0.2, 0) is 10.9 Å². The van der Waals surface area contributed by atoms with E-state index < -0.39 is 17.7 Å². The second-order valence-electron chi connectivity index (χ2n) is 4.60. The third-order valence-electron chi connectivity index (χ3n) is 3.10. The molecule has 8 heteroatoms. The molecule has 2 rings (SSSR count). The lowest BCUT2D eigenvalue weighted by Gasteiger charge is -2.18. The lowest BCUT2D eigenvalue weighted by atomic mass is 9.97. The molecule has 1 aromatic heterocycles. The fourth-order valence-corrected chi connectivity index (χ4v) is 2.06. The lowest BCUT2D eigenvalue weighted by molar-refractivity contribution is -0.137. The molecule has 0 spiro atoms. The van der Waals surface area contributed by atoms with E-state index in [0.717, 1.165) is 19.2 Å². The maximum atomic E-state index is 13.4. The van der Waals surface area contributed by atoms with Crippen LogP contribution in [0.15, 0.2) is 35.1 Å². The van der Waals surface area contributed by atoms with Crippen LogP contribution in [0.2, 0.25) is 0 Å². The summed E-state index contributed by atoms with van der Waals surface area (Å²) < 4.78 is 49.6. The van der Waals surface area contributed by atoms with E-state index in [1.807, 2.05) is 0 Å². The number of esters is 1. The summed E-state index contributed by atoms with van der Waals surface area (Å²) in [5, 5.41) is 0. The predicted molar refractivity (Wildman–Crippen MR) is 77.8 cm³/mol. The smallest absolute Gasteiger partial charge is 0.417 e. The minimum absolute atomic E-state index is 0.0155. The van der Waals surface area contributed by atoms with E-state index in [2.05, 4.69) is 15.6 Å². The first kappa shape index (κ1) is 16.9. The monoisotopic (exact) mass is 328 g/mol. The van der Waals surface area contributed by atoms with Crippen molar-refractivity contribution in [3.63, 3.8) is 0 Å². The van der Waals surface area contributed by atoms with Crippen LogP contribution < -0.4 is 10.9 Å². The van der Waals surface area contributed by atoms with Crippen LogP contribution in [0.25, 0.3) is 11.1 Å². The summed E-state index contributed by atoms with van der Waals surface area (Å²) in [5.41, 5.74) is 4.41. The highest BCUT2D eigenvalue weighted by atomic mass is 19.4. The Hall–Kier alpha value is -2.48. The van der Waals surface area contributed by atoms with E-state index in [1.54, 1.807) is 6.92 Å². The highest BCUT2D eigenvalue weighted by Gasteiger charge is 2.35. The number of carbonyl (C=O) groups excluding carboxylic acids is 1. The normalized spacial score (nSPS) is 11.3. The van der Waals surface area contributed by atoms with E-state index >= 15 is 0 Å². The standard InChI is InChI=1S/C15H15F3N2O3/c1-3-19-20-13-7-12(15(16,17)18)10(9-4-5-23-8-9)6-11(13)14(21)22-2/h4-8,19-20H,3H2,1-2H3. The van der Waals surface area contributed by atoms with Gasteiger partial charge in [-0.15, -0.1) is 0 Å². The molecule has 2 N–H and O–H groups in total. The van der Waals surface area contributed by atoms with Gasteiger partial charge in [0.15, 0.2) is 0 Å². The molecule has 0 saturated heterocycles. The van der Waals surface area contributed by atoms with Crippen LogP contribution in [0.1, 0.15) is 22.8 Å². The number of halogens is 3. The summed E-state index contributed by atoms with van der Waals surface area (Å²) in [4.78, 5) is 11.9. The molecule has 2 aromatic rings. The Bertz CT molecular complexity index is 682. The molecule has 0 aliphatic rings. The van der Waals surface area contributed by atoms with E-state index in [0.29, 0.717) is 6.54 Å². The number of hydrazine groups is 1. The molecule has 23 heavy (non-hydrogen) atoms. The Morgan fingerprint density at radius 3 is 2.61 bits per heavy atom. The van der Waals surface area contributed by atoms with Gasteiger partial charge in [0.2, 0.25) is 0 Å². The van der Waals surface area contributed by atoms with E-state index in [1.165, 1.54) is 18.6 Å². The minimum atomic E-state index is -4.59. The molecule has 0 radical (unpaired) electrons. The van der Waals surface area contributed by atoms with E-state index in [4.69, 9.17) is 4.42 Å². The van der Waals surface area contributed by atoms with Gasteiger partial charge in [0.25, 0.3) is 0 Å². The fourth-order valence-electron chi connectivity index (χ4n) is 2.06. The van der Waals surface area contributed by atoms with Gasteiger partial charge in [-0.3, -0.25) is 0 Å². The molecule has 0 aliphatic carbocycles. The molecule has 1 heterocycles. The van der Waals surface area contributed by atoms with Crippen molar-refractivity contribution in [2.24, 2.45) is 0 Å². The van der Waals surface area contributed by atoms with Gasteiger partial charge in [-0.1, -0.05) is 6.92 Å². The highest BCUT2D eigenvalue weighted by molar-refractivity contribution is 5.97. The van der Waals surface area contributed by atoms with Gasteiger partial charge in [-0.2, -0.15) is 13.2 Å². The largest absolute Gasteiger partial charge is 0.472 e. The summed E-state index contributed by atoms with van der Waals surface area (Å²) in [7, 11) is 1.16. The van der Waals surface area contributed by atoms with Crippen LogP contribution in [0.4, 0.5) is 18.9 Å². The summed E-state index contributed by atoms with van der Waals surface area (Å²) in [6.45, 7) is 2.21. The molecule has 0 bridgehead atoms. The average Bonchev–Trinajstić information content (AvgIpc) is 3.04. The van der Waals surface area contributed by atoms with Gasteiger partial charge < -0.3 is 14.6 Å². The van der Waals surface area contributed by atoms with Gasteiger partial charge in [-0.05, 0) is 23.8 Å². The molecule has 0 atom stereocenters. The van der Waals surface area contributed by atoms with Gasteiger partial charge in [0, 0.05) is 12.1 Å². The van der Waals surface area contributed by atoms with Gasteiger partial charge >= 0.3 is 12.1 Å². The SMILES string of the molecule is CCNNc1cc(C(F)(F)F)c(-c2ccoc2)cc1C(=O)OC. The number of nitrogens with one attached hydrogen (secondary N) is 2. The molecule has 5 nitrogen and oxygen atoms in total. The second-order valence-corrected chi connectivity index (χ2v) is 4.60. The van der Waals surface area contributed by atoms with Crippen LogP contribution >= 0.6 is 0 Å². The first-order valence-corrected chi connectivity index (χ1v) is 6.73. The number of carbonyl (C=O) groups is 1. The first-order chi connectivity index (χ1) is 10.9. The number of anilines is 1. The summed E-state index contributed by atoms with van der Waals surface area (Å²) in [6, 6.07) is 3.40. The number of rotatable bonds is 5. The number of hydrogen-bond acceptors (Lipinski definition) is 5. The Balaban J connectivity index is 2.67. The highest BCUT2D eigenvalue weighted by Crippen LogP contribution is 2.40. The summed E-state index contributed by atoms with van der Waals surface area (Å²) in [6.07, 6.45) is -2.15. The summed E-state index contributed by atoms with van der Waals surface area (Å²) in [5.74, 6) is -0.746. The number of methoxy groups -OCH3 is 1. The number of furan rings is 1. The quantitative estimate of drug-likeness (QED) is 0.647. The molecule has 0 amide bonds. The van der Waals surface area contributed by atoms with Crippen LogP contribution in [0.3, 0.4) is 0 Å². The second kappa shape index (κ2) is 6.74. The molecular weight excluding hydrogens is 313 g/mol. The zero-order valence-electron chi connectivity index (χ0n) is 12.5. The number of benzene rings is 1. The summed E-state index contributed by atoms with van der Waals surface area (Å²) >= 11 is 0. The minimum Gasteiger partial charge on any atom is -0.472 e. The van der Waals surface area contributed by atoms with Crippen molar-refractivity contribution in [2.75, 3.05) is 19.1 Å². The van der Waals surface area contributed by atoms with Crippen LogP contribution in [0.5, 0.6) is 0 Å².